The molecule has 1 aliphatic heterocycles. The highest BCUT2D eigenvalue weighted by molar-refractivity contribution is 7.08. The Balaban J connectivity index is 1.24. The number of rotatable bonds is 5. The molecule has 7 heteroatoms. The van der Waals surface area contributed by atoms with Gasteiger partial charge in [-0.15, -0.1) is 0 Å². The van der Waals surface area contributed by atoms with E-state index < -0.39 is 0 Å². The maximum absolute atomic E-state index is 12.1. The highest BCUT2D eigenvalue weighted by Gasteiger charge is 2.35. The molecule has 0 saturated carbocycles. The summed E-state index contributed by atoms with van der Waals surface area (Å²) in [5.74, 6) is 1.34. The minimum atomic E-state index is -0.0373. The number of nitrogens with one attached hydrogen (secondary N) is 1. The Bertz CT molecular complexity index is 826. The number of urea groups is 1. The van der Waals surface area contributed by atoms with Crippen LogP contribution < -0.4 is 5.32 Å². The third-order valence-electron chi connectivity index (χ3n) is 4.27. The summed E-state index contributed by atoms with van der Waals surface area (Å²) in [6, 6.07) is 12.1. The second-order valence-electron chi connectivity index (χ2n) is 6.04. The van der Waals surface area contributed by atoms with Gasteiger partial charge in [0.15, 0.2) is 0 Å². The zero-order valence-electron chi connectivity index (χ0n) is 13.6. The predicted octanol–water partition coefficient (Wildman–Crippen LogP) is 3.15. The molecule has 25 heavy (non-hydrogen) atoms. The lowest BCUT2D eigenvalue weighted by Crippen LogP contribution is -2.52. The first-order valence-electron chi connectivity index (χ1n) is 8.22. The van der Waals surface area contributed by atoms with Gasteiger partial charge in [-0.25, -0.2) is 4.79 Å². The molecule has 1 N–H and O–H groups in total. The number of carbonyl (C=O) groups is 1. The molecular weight excluding hydrogens is 336 g/mol. The van der Waals surface area contributed by atoms with Crippen LogP contribution in [0.1, 0.15) is 17.4 Å². The molecule has 6 nitrogen and oxygen atoms in total. The van der Waals surface area contributed by atoms with E-state index in [0.29, 0.717) is 31.3 Å². The normalized spacial score (nSPS) is 14.3. The number of hydrogen-bond acceptors (Lipinski definition) is 5. The Labute approximate surface area is 149 Å². The molecule has 1 aromatic carbocycles. The van der Waals surface area contributed by atoms with E-state index in [2.05, 4.69) is 27.6 Å². The molecule has 0 spiro atoms. The van der Waals surface area contributed by atoms with Crippen LogP contribution in [0.15, 0.2) is 51.7 Å². The van der Waals surface area contributed by atoms with Gasteiger partial charge in [0.25, 0.3) is 0 Å². The standard InChI is InChI=1S/C18H18N4O2S/c23-18(19-8-6-13-4-2-1-3-5-13)22-10-15(11-22)17-20-16(21-24-17)14-7-9-25-12-14/h1-5,7,9,12,15H,6,8,10-11H2,(H,19,23). The SMILES string of the molecule is O=C(NCCc1ccccc1)N1CC(c2nc(-c3ccsc3)no2)C1. The van der Waals surface area contributed by atoms with Crippen molar-refractivity contribution in [2.45, 2.75) is 12.3 Å². The summed E-state index contributed by atoms with van der Waals surface area (Å²) in [4.78, 5) is 18.3. The monoisotopic (exact) mass is 354 g/mol. The number of likely N-dealkylation sites (tertiary alicyclic amines) is 1. The number of thiophene rings is 1. The summed E-state index contributed by atoms with van der Waals surface area (Å²) in [7, 11) is 0. The van der Waals surface area contributed by atoms with Crippen LogP contribution in [0, 0.1) is 0 Å². The van der Waals surface area contributed by atoms with Gasteiger partial charge in [-0.2, -0.15) is 16.3 Å². The third-order valence-corrected chi connectivity index (χ3v) is 4.96. The molecule has 0 aliphatic carbocycles. The fourth-order valence-corrected chi connectivity index (χ4v) is 3.42. The van der Waals surface area contributed by atoms with Crippen molar-refractivity contribution in [1.29, 1.82) is 0 Å². The molecule has 2 aromatic heterocycles. The highest BCUT2D eigenvalue weighted by Crippen LogP contribution is 2.28. The van der Waals surface area contributed by atoms with Crippen LogP contribution in [0.4, 0.5) is 4.79 Å². The fourth-order valence-electron chi connectivity index (χ4n) is 2.78. The average molecular weight is 354 g/mol. The van der Waals surface area contributed by atoms with Crippen LogP contribution in [0.2, 0.25) is 0 Å². The van der Waals surface area contributed by atoms with E-state index in [1.165, 1.54) is 5.56 Å². The van der Waals surface area contributed by atoms with Crippen molar-refractivity contribution in [2.24, 2.45) is 0 Å². The molecule has 3 aromatic rings. The van der Waals surface area contributed by atoms with E-state index in [1.807, 2.05) is 35.0 Å². The van der Waals surface area contributed by atoms with Gasteiger partial charge in [-0.05, 0) is 23.4 Å². The first-order valence-corrected chi connectivity index (χ1v) is 9.17. The summed E-state index contributed by atoms with van der Waals surface area (Å²) in [5.41, 5.74) is 2.19. The molecule has 1 aliphatic rings. The maximum atomic E-state index is 12.1. The van der Waals surface area contributed by atoms with E-state index in [0.717, 1.165) is 12.0 Å². The van der Waals surface area contributed by atoms with Crippen molar-refractivity contribution >= 4 is 17.4 Å². The molecular formula is C18H18N4O2S. The van der Waals surface area contributed by atoms with Gasteiger partial charge in [-0.1, -0.05) is 35.5 Å². The summed E-state index contributed by atoms with van der Waals surface area (Å²) in [5, 5.41) is 10.9. The Hall–Kier alpha value is -2.67. The van der Waals surface area contributed by atoms with Crippen LogP contribution in [-0.2, 0) is 6.42 Å². The Kier molecular flexibility index (Phi) is 4.47. The molecule has 1 saturated heterocycles. The molecule has 2 amide bonds. The molecule has 0 radical (unpaired) electrons. The van der Waals surface area contributed by atoms with E-state index in [-0.39, 0.29) is 11.9 Å². The zero-order valence-corrected chi connectivity index (χ0v) is 14.4. The number of benzene rings is 1. The fraction of sp³-hybridized carbons (Fsp3) is 0.278. The highest BCUT2D eigenvalue weighted by atomic mass is 32.1. The first kappa shape index (κ1) is 15.8. The maximum Gasteiger partial charge on any atom is 0.317 e. The number of carbonyl (C=O) groups excluding carboxylic acids is 1. The summed E-state index contributed by atoms with van der Waals surface area (Å²) in [6.07, 6.45) is 0.831. The van der Waals surface area contributed by atoms with Gasteiger partial charge in [0, 0.05) is 30.6 Å². The van der Waals surface area contributed by atoms with Crippen molar-refractivity contribution in [3.8, 4) is 11.4 Å². The lowest BCUT2D eigenvalue weighted by Gasteiger charge is -2.36. The van der Waals surface area contributed by atoms with Crippen LogP contribution >= 0.6 is 11.3 Å². The van der Waals surface area contributed by atoms with Gasteiger partial charge in [0.2, 0.25) is 11.7 Å². The molecule has 0 bridgehead atoms. The predicted molar refractivity (Wildman–Crippen MR) is 95.5 cm³/mol. The number of aromatic nitrogens is 2. The van der Waals surface area contributed by atoms with E-state index >= 15 is 0 Å². The number of nitrogens with zero attached hydrogens (tertiary/aromatic N) is 3. The Morgan fingerprint density at radius 1 is 1.28 bits per heavy atom. The van der Waals surface area contributed by atoms with Crippen LogP contribution in [0.5, 0.6) is 0 Å². The minimum absolute atomic E-state index is 0.0373. The molecule has 0 unspecified atom stereocenters. The summed E-state index contributed by atoms with van der Waals surface area (Å²) in [6.45, 7) is 1.86. The largest absolute Gasteiger partial charge is 0.339 e. The zero-order chi connectivity index (χ0) is 17.1. The second kappa shape index (κ2) is 7.06. The van der Waals surface area contributed by atoms with Crippen molar-refractivity contribution in [1.82, 2.24) is 20.4 Å². The minimum Gasteiger partial charge on any atom is -0.339 e. The van der Waals surface area contributed by atoms with Gasteiger partial charge >= 0.3 is 6.03 Å². The van der Waals surface area contributed by atoms with E-state index in [1.54, 1.807) is 16.2 Å². The summed E-state index contributed by atoms with van der Waals surface area (Å²) < 4.78 is 5.34. The number of amides is 2. The summed E-state index contributed by atoms with van der Waals surface area (Å²) >= 11 is 1.60. The van der Waals surface area contributed by atoms with Crippen LogP contribution in [0.25, 0.3) is 11.4 Å². The Morgan fingerprint density at radius 2 is 2.12 bits per heavy atom. The number of hydrogen-bond donors (Lipinski definition) is 1. The first-order chi connectivity index (χ1) is 12.3. The van der Waals surface area contributed by atoms with Crippen molar-refractivity contribution < 1.29 is 9.32 Å². The van der Waals surface area contributed by atoms with Gasteiger partial charge in [0.05, 0.1) is 5.92 Å². The van der Waals surface area contributed by atoms with E-state index in [4.69, 9.17) is 4.52 Å². The molecule has 3 heterocycles. The Morgan fingerprint density at radius 3 is 2.88 bits per heavy atom. The molecule has 0 atom stereocenters. The molecule has 1 fully saturated rings. The average Bonchev–Trinajstić information content (AvgIpc) is 3.26. The lowest BCUT2D eigenvalue weighted by atomic mass is 10.0. The lowest BCUT2D eigenvalue weighted by molar-refractivity contribution is 0.137. The van der Waals surface area contributed by atoms with Gasteiger partial charge < -0.3 is 14.7 Å². The van der Waals surface area contributed by atoms with Crippen molar-refractivity contribution in [2.75, 3.05) is 19.6 Å². The smallest absolute Gasteiger partial charge is 0.317 e. The van der Waals surface area contributed by atoms with Gasteiger partial charge in [0.1, 0.15) is 0 Å². The van der Waals surface area contributed by atoms with Gasteiger partial charge in [-0.3, -0.25) is 0 Å². The third kappa shape index (κ3) is 3.56. The molecule has 4 rings (SSSR count). The van der Waals surface area contributed by atoms with E-state index in [9.17, 15) is 4.79 Å². The quantitative estimate of drug-likeness (QED) is 0.764. The van der Waals surface area contributed by atoms with Crippen LogP contribution in [0.3, 0.4) is 0 Å². The van der Waals surface area contributed by atoms with Crippen molar-refractivity contribution in [3.05, 3.63) is 58.6 Å². The van der Waals surface area contributed by atoms with Crippen LogP contribution in [-0.4, -0.2) is 40.7 Å². The molecule has 128 valence electrons. The topological polar surface area (TPSA) is 71.3 Å². The second-order valence-corrected chi connectivity index (χ2v) is 6.82. The van der Waals surface area contributed by atoms with Crippen molar-refractivity contribution in [3.63, 3.8) is 0 Å².